The molecule has 28 heavy (non-hydrogen) atoms. The molecule has 1 atom stereocenters. The molecule has 4 aliphatic rings. The largest absolute Gasteiger partial charge is 0.381 e. The lowest BCUT2D eigenvalue weighted by Gasteiger charge is -2.39. The van der Waals surface area contributed by atoms with E-state index in [1.165, 1.54) is 5.57 Å². The Hall–Kier alpha value is -2.12. The lowest BCUT2D eigenvalue weighted by Crippen LogP contribution is -2.49. The van der Waals surface area contributed by atoms with Gasteiger partial charge in [0.15, 0.2) is 0 Å². The molecule has 1 amide bonds. The van der Waals surface area contributed by atoms with Crippen LogP contribution in [0, 0.1) is 5.41 Å². The number of carbonyl (C=O) groups excluding carboxylic acids is 1. The molecule has 4 aliphatic heterocycles. The number of ether oxygens (including phenoxy) is 1. The lowest BCUT2D eigenvalue weighted by molar-refractivity contribution is -0.147. The quantitative estimate of drug-likeness (QED) is 0.636. The zero-order valence-electron chi connectivity index (χ0n) is 16.3. The van der Waals surface area contributed by atoms with Gasteiger partial charge in [0.05, 0.1) is 17.7 Å². The molecule has 5 heterocycles. The predicted molar refractivity (Wildman–Crippen MR) is 106 cm³/mol. The maximum Gasteiger partial charge on any atom is 0.229 e. The van der Waals surface area contributed by atoms with Gasteiger partial charge < -0.3 is 20.4 Å². The summed E-state index contributed by atoms with van der Waals surface area (Å²) in [4.78, 5) is 20.4. The molecule has 1 aromatic heterocycles. The molecule has 0 radical (unpaired) electrons. The van der Waals surface area contributed by atoms with Crippen LogP contribution in [0.25, 0.3) is 0 Å². The third-order valence-electron chi connectivity index (χ3n) is 6.69. The fraction of sp³-hybridized carbons (Fsp3) is 0.619. The van der Waals surface area contributed by atoms with Crippen molar-refractivity contribution in [2.45, 2.75) is 51.1 Å². The number of rotatable bonds is 0. The van der Waals surface area contributed by atoms with Gasteiger partial charge >= 0.3 is 0 Å². The lowest BCUT2D eigenvalue weighted by atomic mass is 9.74. The summed E-state index contributed by atoms with van der Waals surface area (Å²) in [5, 5.41) is 3.49. The number of aromatic nitrogens is 1. The Kier molecular flexibility index (Phi) is 4.72. The molecule has 1 spiro atoms. The molecule has 3 N–H and O–H groups in total. The van der Waals surface area contributed by atoms with Crippen LogP contribution in [-0.2, 0) is 16.0 Å². The Balaban J connectivity index is 1.42. The molecule has 1 unspecified atom stereocenters. The minimum absolute atomic E-state index is 0.0358. The SMILES string of the molecule is O=C1N2CC3=C(C2)C(NN3)Nc2cccc(n2)CCCCCC12CCOCC2. The van der Waals surface area contributed by atoms with Crippen molar-refractivity contribution in [1.29, 1.82) is 0 Å². The molecule has 0 aromatic carbocycles. The van der Waals surface area contributed by atoms with Crippen molar-refractivity contribution < 1.29 is 9.53 Å². The van der Waals surface area contributed by atoms with E-state index in [4.69, 9.17) is 9.72 Å². The topological polar surface area (TPSA) is 78.5 Å². The highest BCUT2D eigenvalue weighted by molar-refractivity contribution is 5.84. The average molecular weight is 383 g/mol. The van der Waals surface area contributed by atoms with Crippen molar-refractivity contribution in [3.05, 3.63) is 35.2 Å². The van der Waals surface area contributed by atoms with Crippen molar-refractivity contribution in [2.24, 2.45) is 5.41 Å². The number of nitrogens with one attached hydrogen (secondary N) is 3. The highest BCUT2D eigenvalue weighted by atomic mass is 16.5. The maximum atomic E-state index is 13.6. The number of amides is 1. The van der Waals surface area contributed by atoms with E-state index in [2.05, 4.69) is 28.3 Å². The summed E-state index contributed by atoms with van der Waals surface area (Å²) in [5.74, 6) is 1.20. The van der Waals surface area contributed by atoms with Gasteiger partial charge in [-0.1, -0.05) is 18.9 Å². The van der Waals surface area contributed by atoms with Gasteiger partial charge in [-0.05, 0) is 44.2 Å². The second kappa shape index (κ2) is 7.37. The van der Waals surface area contributed by atoms with Gasteiger partial charge in [-0.2, -0.15) is 0 Å². The Morgan fingerprint density at radius 3 is 2.89 bits per heavy atom. The maximum absolute atomic E-state index is 13.6. The smallest absolute Gasteiger partial charge is 0.229 e. The van der Waals surface area contributed by atoms with Crippen LogP contribution < -0.4 is 16.2 Å². The van der Waals surface area contributed by atoms with Crippen molar-refractivity contribution >= 4 is 11.7 Å². The van der Waals surface area contributed by atoms with E-state index in [1.54, 1.807) is 0 Å². The monoisotopic (exact) mass is 383 g/mol. The van der Waals surface area contributed by atoms with E-state index in [9.17, 15) is 4.79 Å². The summed E-state index contributed by atoms with van der Waals surface area (Å²) in [6, 6.07) is 6.19. The number of carbonyl (C=O) groups is 1. The summed E-state index contributed by atoms with van der Waals surface area (Å²) < 4.78 is 5.60. The third kappa shape index (κ3) is 3.26. The molecule has 150 valence electrons. The van der Waals surface area contributed by atoms with Crippen LogP contribution in [0.4, 0.5) is 5.82 Å². The van der Waals surface area contributed by atoms with Gasteiger partial charge in [-0.15, -0.1) is 0 Å². The minimum Gasteiger partial charge on any atom is -0.381 e. The second-order valence-electron chi connectivity index (χ2n) is 8.48. The van der Waals surface area contributed by atoms with Gasteiger partial charge in [0.2, 0.25) is 5.91 Å². The summed E-state index contributed by atoms with van der Waals surface area (Å²) in [5.41, 5.74) is 9.81. The average Bonchev–Trinajstić information content (AvgIpc) is 3.30. The number of anilines is 1. The van der Waals surface area contributed by atoms with Gasteiger partial charge in [-0.25, -0.2) is 10.4 Å². The Bertz CT molecular complexity index is 787. The normalized spacial score (nSPS) is 27.2. The fourth-order valence-corrected chi connectivity index (χ4v) is 5.01. The zero-order valence-corrected chi connectivity index (χ0v) is 16.3. The summed E-state index contributed by atoms with van der Waals surface area (Å²) in [7, 11) is 0. The summed E-state index contributed by atoms with van der Waals surface area (Å²) >= 11 is 0. The van der Waals surface area contributed by atoms with Gasteiger partial charge in [-0.3, -0.25) is 4.79 Å². The molecule has 0 aliphatic carbocycles. The predicted octanol–water partition coefficient (Wildman–Crippen LogP) is 1.94. The molecule has 7 heteroatoms. The minimum atomic E-state index is -0.246. The second-order valence-corrected chi connectivity index (χ2v) is 8.48. The first-order chi connectivity index (χ1) is 13.7. The van der Waals surface area contributed by atoms with E-state index in [0.29, 0.717) is 32.2 Å². The molecule has 1 saturated heterocycles. The van der Waals surface area contributed by atoms with E-state index in [0.717, 1.165) is 62.2 Å². The first-order valence-electron chi connectivity index (χ1n) is 10.6. The number of hydrogen-bond acceptors (Lipinski definition) is 6. The van der Waals surface area contributed by atoms with E-state index in [1.807, 2.05) is 11.0 Å². The van der Waals surface area contributed by atoms with Crippen molar-refractivity contribution in [3.8, 4) is 0 Å². The fourth-order valence-electron chi connectivity index (χ4n) is 5.01. The molecule has 0 saturated carbocycles. The van der Waals surface area contributed by atoms with Gasteiger partial charge in [0.1, 0.15) is 12.0 Å². The summed E-state index contributed by atoms with van der Waals surface area (Å²) in [6.45, 7) is 2.74. The van der Waals surface area contributed by atoms with E-state index >= 15 is 0 Å². The Morgan fingerprint density at radius 2 is 2.00 bits per heavy atom. The zero-order chi connectivity index (χ0) is 19.0. The third-order valence-corrected chi connectivity index (χ3v) is 6.69. The standard InChI is InChI=1S/C21H29N5O2/c27-20-21(9-11-28-12-10-21)8-3-1-2-5-15-6-4-7-18(22-15)23-19-16-13-26(20)14-17(16)24-25-19/h4,6-7,19,24-25H,1-3,5,8-14H2,(H,22,23). The van der Waals surface area contributed by atoms with Crippen LogP contribution >= 0.6 is 0 Å². The Labute approximate surface area is 165 Å². The molecule has 5 rings (SSSR count). The molecule has 4 bridgehead atoms. The highest BCUT2D eigenvalue weighted by Gasteiger charge is 2.45. The molecular formula is C21H29N5O2. The molecule has 7 nitrogen and oxygen atoms in total. The van der Waals surface area contributed by atoms with Crippen LogP contribution in [-0.4, -0.2) is 48.3 Å². The van der Waals surface area contributed by atoms with E-state index in [-0.39, 0.29) is 11.6 Å². The molecule has 1 aromatic rings. The van der Waals surface area contributed by atoms with Crippen molar-refractivity contribution in [3.63, 3.8) is 0 Å². The highest BCUT2D eigenvalue weighted by Crippen LogP contribution is 2.40. The Morgan fingerprint density at radius 1 is 1.11 bits per heavy atom. The van der Waals surface area contributed by atoms with Crippen LogP contribution in [0.5, 0.6) is 0 Å². The number of fused-ring (bicyclic) bond motifs is 3. The van der Waals surface area contributed by atoms with Crippen LogP contribution in [0.15, 0.2) is 29.5 Å². The van der Waals surface area contributed by atoms with Crippen molar-refractivity contribution in [2.75, 3.05) is 31.6 Å². The van der Waals surface area contributed by atoms with Crippen LogP contribution in [0.1, 0.15) is 44.2 Å². The van der Waals surface area contributed by atoms with Crippen molar-refractivity contribution in [1.82, 2.24) is 20.7 Å². The van der Waals surface area contributed by atoms with E-state index < -0.39 is 0 Å². The molecular weight excluding hydrogens is 354 g/mol. The first-order valence-corrected chi connectivity index (χ1v) is 10.6. The number of pyridine rings is 1. The van der Waals surface area contributed by atoms with Crippen LogP contribution in [0.3, 0.4) is 0 Å². The summed E-state index contributed by atoms with van der Waals surface area (Å²) in [6.07, 6.45) is 6.95. The number of hydrogen-bond donors (Lipinski definition) is 3. The van der Waals surface area contributed by atoms with Gasteiger partial charge in [0.25, 0.3) is 0 Å². The number of nitrogens with zero attached hydrogens (tertiary/aromatic N) is 2. The number of aryl methyl sites for hydroxylation is 1. The first kappa shape index (κ1) is 17.9. The molecule has 1 fully saturated rings. The van der Waals surface area contributed by atoms with Crippen LogP contribution in [0.2, 0.25) is 0 Å². The number of hydrazine groups is 1. The van der Waals surface area contributed by atoms with Gasteiger partial charge in [0, 0.05) is 31.0 Å².